The Morgan fingerprint density at radius 2 is 1.73 bits per heavy atom. The number of hydrogen-bond acceptors (Lipinski definition) is 1. The molecule has 0 spiro atoms. The number of carbonyl (C=O) groups is 1. The Labute approximate surface area is 135 Å². The molecule has 2 aromatic carbocycles. The van der Waals surface area contributed by atoms with Crippen LogP contribution in [0.1, 0.15) is 31.2 Å². The molecule has 1 aliphatic rings. The molecular formula is C18H19ClN2O. The molecule has 0 unspecified atom stereocenters. The predicted molar refractivity (Wildman–Crippen MR) is 90.2 cm³/mol. The minimum atomic E-state index is -0.260. The highest BCUT2D eigenvalue weighted by molar-refractivity contribution is 6.30. The standard InChI is InChI=1S/C18H19ClN2O/c19-15-9-6-10-16(13-15)20-17(22)21-18(11-4-5-12-18)14-7-2-1-3-8-14/h1-3,6-10,13H,4-5,11-12H2,(H2,20,21,22). The molecule has 1 saturated carbocycles. The summed E-state index contributed by atoms with van der Waals surface area (Å²) in [5.41, 5.74) is 1.61. The van der Waals surface area contributed by atoms with Crippen LogP contribution in [0.15, 0.2) is 54.6 Å². The molecule has 1 fully saturated rings. The highest BCUT2D eigenvalue weighted by Crippen LogP contribution is 2.38. The van der Waals surface area contributed by atoms with Crippen molar-refractivity contribution < 1.29 is 4.79 Å². The maximum atomic E-state index is 12.4. The molecule has 3 nitrogen and oxygen atoms in total. The zero-order valence-corrected chi connectivity index (χ0v) is 13.1. The van der Waals surface area contributed by atoms with Crippen LogP contribution >= 0.6 is 11.6 Å². The molecule has 22 heavy (non-hydrogen) atoms. The monoisotopic (exact) mass is 314 g/mol. The lowest BCUT2D eigenvalue weighted by molar-refractivity contribution is 0.236. The summed E-state index contributed by atoms with van der Waals surface area (Å²) in [7, 11) is 0. The number of nitrogens with one attached hydrogen (secondary N) is 2. The Kier molecular flexibility index (Phi) is 4.34. The van der Waals surface area contributed by atoms with E-state index in [-0.39, 0.29) is 11.6 Å². The Bertz CT molecular complexity index is 651. The zero-order valence-electron chi connectivity index (χ0n) is 12.3. The normalized spacial score (nSPS) is 16.2. The molecule has 114 valence electrons. The molecular weight excluding hydrogens is 296 g/mol. The second kappa shape index (κ2) is 6.41. The highest BCUT2D eigenvalue weighted by atomic mass is 35.5. The van der Waals surface area contributed by atoms with E-state index in [1.54, 1.807) is 12.1 Å². The third-order valence-corrected chi connectivity index (χ3v) is 4.45. The molecule has 0 aromatic heterocycles. The Morgan fingerprint density at radius 3 is 2.41 bits per heavy atom. The van der Waals surface area contributed by atoms with Gasteiger partial charge in [-0.3, -0.25) is 0 Å². The van der Waals surface area contributed by atoms with Gasteiger partial charge in [0.1, 0.15) is 0 Å². The predicted octanol–water partition coefficient (Wildman–Crippen LogP) is 4.93. The lowest BCUT2D eigenvalue weighted by atomic mass is 9.88. The number of urea groups is 1. The van der Waals surface area contributed by atoms with Crippen molar-refractivity contribution in [1.82, 2.24) is 5.32 Å². The molecule has 1 aliphatic carbocycles. The van der Waals surface area contributed by atoms with E-state index in [9.17, 15) is 4.79 Å². The fraction of sp³-hybridized carbons (Fsp3) is 0.278. The van der Waals surface area contributed by atoms with E-state index in [1.165, 1.54) is 5.56 Å². The second-order valence-electron chi connectivity index (χ2n) is 5.74. The first kappa shape index (κ1) is 14.9. The van der Waals surface area contributed by atoms with Crippen molar-refractivity contribution in [3.63, 3.8) is 0 Å². The van der Waals surface area contributed by atoms with E-state index < -0.39 is 0 Å². The zero-order chi connectivity index (χ0) is 15.4. The van der Waals surface area contributed by atoms with Crippen LogP contribution in [-0.4, -0.2) is 6.03 Å². The largest absolute Gasteiger partial charge is 0.328 e. The summed E-state index contributed by atoms with van der Waals surface area (Å²) in [6.45, 7) is 0. The van der Waals surface area contributed by atoms with Gasteiger partial charge in [0.2, 0.25) is 0 Å². The van der Waals surface area contributed by atoms with Crippen LogP contribution in [0.2, 0.25) is 5.02 Å². The summed E-state index contributed by atoms with van der Waals surface area (Å²) >= 11 is 5.95. The molecule has 2 amide bonds. The Balaban J connectivity index is 1.76. The maximum absolute atomic E-state index is 12.4. The van der Waals surface area contributed by atoms with Crippen LogP contribution in [0.4, 0.5) is 10.5 Å². The van der Waals surface area contributed by atoms with Crippen LogP contribution in [-0.2, 0) is 5.54 Å². The summed E-state index contributed by atoms with van der Waals surface area (Å²) in [5.74, 6) is 0. The van der Waals surface area contributed by atoms with Crippen LogP contribution in [0.3, 0.4) is 0 Å². The van der Waals surface area contributed by atoms with Gasteiger partial charge in [-0.15, -0.1) is 0 Å². The van der Waals surface area contributed by atoms with Gasteiger partial charge < -0.3 is 10.6 Å². The van der Waals surface area contributed by atoms with Crippen molar-refractivity contribution in [3.8, 4) is 0 Å². The summed E-state index contributed by atoms with van der Waals surface area (Å²) in [6, 6.07) is 17.2. The number of hydrogen-bond donors (Lipinski definition) is 2. The van der Waals surface area contributed by atoms with E-state index in [1.807, 2.05) is 30.3 Å². The van der Waals surface area contributed by atoms with E-state index >= 15 is 0 Å². The molecule has 2 aromatic rings. The number of amides is 2. The fourth-order valence-corrected chi connectivity index (χ4v) is 3.36. The van der Waals surface area contributed by atoms with Crippen molar-refractivity contribution in [1.29, 1.82) is 0 Å². The van der Waals surface area contributed by atoms with Crippen molar-refractivity contribution in [3.05, 3.63) is 65.2 Å². The van der Waals surface area contributed by atoms with Gasteiger partial charge >= 0.3 is 6.03 Å². The number of benzene rings is 2. The first-order valence-corrected chi connectivity index (χ1v) is 7.96. The summed E-state index contributed by atoms with van der Waals surface area (Å²) in [5, 5.41) is 6.66. The van der Waals surface area contributed by atoms with Gasteiger partial charge in [0.15, 0.2) is 0 Å². The lowest BCUT2D eigenvalue weighted by Gasteiger charge is -2.31. The number of anilines is 1. The number of halogens is 1. The second-order valence-corrected chi connectivity index (χ2v) is 6.18. The van der Waals surface area contributed by atoms with E-state index in [2.05, 4.69) is 22.8 Å². The van der Waals surface area contributed by atoms with Crippen molar-refractivity contribution in [2.45, 2.75) is 31.2 Å². The van der Waals surface area contributed by atoms with Crippen molar-refractivity contribution >= 4 is 23.3 Å². The van der Waals surface area contributed by atoms with Crippen molar-refractivity contribution in [2.75, 3.05) is 5.32 Å². The molecule has 0 saturated heterocycles. The van der Waals surface area contributed by atoms with Crippen LogP contribution in [0.5, 0.6) is 0 Å². The molecule has 2 N–H and O–H groups in total. The van der Waals surface area contributed by atoms with Gasteiger partial charge in [-0.05, 0) is 36.6 Å². The highest BCUT2D eigenvalue weighted by Gasteiger charge is 2.36. The molecule has 4 heteroatoms. The molecule has 0 atom stereocenters. The quantitative estimate of drug-likeness (QED) is 0.828. The van der Waals surface area contributed by atoms with E-state index in [0.717, 1.165) is 25.7 Å². The molecule has 0 aliphatic heterocycles. The van der Waals surface area contributed by atoms with Gasteiger partial charge in [0.25, 0.3) is 0 Å². The van der Waals surface area contributed by atoms with Gasteiger partial charge in [0.05, 0.1) is 5.54 Å². The van der Waals surface area contributed by atoms with Crippen LogP contribution in [0.25, 0.3) is 0 Å². The lowest BCUT2D eigenvalue weighted by Crippen LogP contribution is -2.45. The molecule has 3 rings (SSSR count). The Morgan fingerprint density at radius 1 is 1.00 bits per heavy atom. The maximum Gasteiger partial charge on any atom is 0.319 e. The average Bonchev–Trinajstić information content (AvgIpc) is 2.98. The third-order valence-electron chi connectivity index (χ3n) is 4.22. The first-order valence-electron chi connectivity index (χ1n) is 7.58. The fourth-order valence-electron chi connectivity index (χ4n) is 3.17. The molecule has 0 bridgehead atoms. The SMILES string of the molecule is O=C(Nc1cccc(Cl)c1)NC1(c2ccccc2)CCCC1. The average molecular weight is 315 g/mol. The van der Waals surface area contributed by atoms with Gasteiger partial charge in [-0.25, -0.2) is 4.79 Å². The van der Waals surface area contributed by atoms with Crippen molar-refractivity contribution in [2.24, 2.45) is 0 Å². The van der Waals surface area contributed by atoms with Crippen LogP contribution < -0.4 is 10.6 Å². The smallest absolute Gasteiger partial charge is 0.319 e. The van der Waals surface area contributed by atoms with Gasteiger partial charge in [0, 0.05) is 10.7 Å². The summed E-state index contributed by atoms with van der Waals surface area (Å²) in [4.78, 5) is 12.4. The summed E-state index contributed by atoms with van der Waals surface area (Å²) in [6.07, 6.45) is 4.21. The minimum Gasteiger partial charge on any atom is -0.328 e. The van der Waals surface area contributed by atoms with E-state index in [4.69, 9.17) is 11.6 Å². The molecule has 0 heterocycles. The van der Waals surface area contributed by atoms with Crippen LogP contribution in [0, 0.1) is 0 Å². The van der Waals surface area contributed by atoms with E-state index in [0.29, 0.717) is 10.7 Å². The van der Waals surface area contributed by atoms with Gasteiger partial charge in [-0.1, -0.05) is 60.8 Å². The third kappa shape index (κ3) is 3.25. The summed E-state index contributed by atoms with van der Waals surface area (Å²) < 4.78 is 0. The Hall–Kier alpha value is -2.00. The first-order chi connectivity index (χ1) is 10.7. The topological polar surface area (TPSA) is 41.1 Å². The number of carbonyl (C=O) groups excluding carboxylic acids is 1. The van der Waals surface area contributed by atoms with Gasteiger partial charge in [-0.2, -0.15) is 0 Å². The minimum absolute atomic E-state index is 0.187. The molecule has 0 radical (unpaired) electrons. The number of rotatable bonds is 3.